The van der Waals surface area contributed by atoms with Gasteiger partial charge in [-0.05, 0) is 23.6 Å². The first-order valence-electron chi connectivity index (χ1n) is 7.77. The number of aromatic nitrogens is 6. The minimum Gasteiger partial charge on any atom is -0.298 e. The van der Waals surface area contributed by atoms with Gasteiger partial charge in [0, 0.05) is 19.2 Å². The smallest absolute Gasteiger partial charge is 0.262 e. The summed E-state index contributed by atoms with van der Waals surface area (Å²) in [6, 6.07) is 7.15. The molecule has 2 N–H and O–H groups in total. The number of carbonyl (C=O) groups excluding carboxylic acids is 1. The molecule has 0 aliphatic carbocycles. The van der Waals surface area contributed by atoms with Gasteiger partial charge in [-0.15, -0.1) is 16.4 Å². The normalized spacial score (nSPS) is 10.9. The summed E-state index contributed by atoms with van der Waals surface area (Å²) >= 11 is 1.41. The molecule has 0 aliphatic heterocycles. The van der Waals surface area contributed by atoms with Crippen molar-refractivity contribution in [2.75, 3.05) is 5.32 Å². The second-order valence-corrected chi connectivity index (χ2v) is 6.30. The number of hydrogen-bond acceptors (Lipinski definition) is 7. The summed E-state index contributed by atoms with van der Waals surface area (Å²) in [6.07, 6.45) is 3.21. The van der Waals surface area contributed by atoms with E-state index < -0.39 is 0 Å². The van der Waals surface area contributed by atoms with Crippen molar-refractivity contribution in [3.63, 3.8) is 0 Å². The van der Waals surface area contributed by atoms with Crippen LogP contribution >= 0.6 is 11.3 Å². The molecule has 10 heteroatoms. The van der Waals surface area contributed by atoms with Crippen LogP contribution in [-0.2, 0) is 11.3 Å². The largest absolute Gasteiger partial charge is 0.298 e. The van der Waals surface area contributed by atoms with Gasteiger partial charge < -0.3 is 0 Å². The number of amides is 1. The van der Waals surface area contributed by atoms with Crippen LogP contribution in [0.5, 0.6) is 0 Å². The number of aryl methyl sites for hydroxylation is 1. The average Bonchev–Trinajstić information content (AvgIpc) is 3.32. The molecule has 26 heavy (non-hydrogen) atoms. The van der Waals surface area contributed by atoms with Gasteiger partial charge in [-0.1, -0.05) is 6.07 Å². The fraction of sp³-hybridized carbons (Fsp3) is 0.125. The fourth-order valence-electron chi connectivity index (χ4n) is 2.40. The van der Waals surface area contributed by atoms with Crippen LogP contribution in [0.25, 0.3) is 21.7 Å². The lowest BCUT2D eigenvalue weighted by atomic mass is 10.3. The zero-order valence-electron chi connectivity index (χ0n) is 13.4. The maximum Gasteiger partial charge on any atom is 0.262 e. The van der Waals surface area contributed by atoms with Crippen molar-refractivity contribution in [2.24, 2.45) is 0 Å². The first-order chi connectivity index (χ1) is 12.7. The van der Waals surface area contributed by atoms with E-state index >= 15 is 0 Å². The molecule has 4 aromatic rings. The summed E-state index contributed by atoms with van der Waals surface area (Å²) in [5.41, 5.74) is 0.474. The summed E-state index contributed by atoms with van der Waals surface area (Å²) in [5.74, 6) is 0.326. The zero-order valence-corrected chi connectivity index (χ0v) is 14.2. The first kappa shape index (κ1) is 16.1. The third-order valence-electron chi connectivity index (χ3n) is 3.67. The standard InChI is InChI=1S/C16H13N7O2S/c24-12(4-7-23-9-18-14-10(15(23)25)5-8-26-14)19-16-20-13(21-22-16)11-3-1-2-6-17-11/h1-3,5-6,8-9H,4,7H2,(H2,19,20,21,22,24). The van der Waals surface area contributed by atoms with Crippen LogP contribution in [-0.4, -0.2) is 35.6 Å². The number of hydrogen-bond donors (Lipinski definition) is 2. The maximum absolute atomic E-state index is 12.3. The summed E-state index contributed by atoms with van der Waals surface area (Å²) in [7, 11) is 0. The molecule has 0 saturated heterocycles. The van der Waals surface area contributed by atoms with Crippen molar-refractivity contribution >= 4 is 33.4 Å². The van der Waals surface area contributed by atoms with Crippen LogP contribution in [0, 0.1) is 0 Å². The summed E-state index contributed by atoms with van der Waals surface area (Å²) < 4.78 is 1.42. The number of aromatic amines is 1. The van der Waals surface area contributed by atoms with Gasteiger partial charge in [-0.25, -0.2) is 4.98 Å². The Labute approximate surface area is 150 Å². The van der Waals surface area contributed by atoms with E-state index in [-0.39, 0.29) is 30.4 Å². The zero-order chi connectivity index (χ0) is 17.9. The van der Waals surface area contributed by atoms with E-state index in [4.69, 9.17) is 0 Å². The molecule has 4 rings (SSSR count). The molecule has 9 nitrogen and oxygen atoms in total. The minimum atomic E-state index is -0.297. The van der Waals surface area contributed by atoms with Gasteiger partial charge in [0.15, 0.2) is 5.82 Å². The van der Waals surface area contributed by atoms with Crippen molar-refractivity contribution in [3.8, 4) is 11.5 Å². The maximum atomic E-state index is 12.3. The SMILES string of the molecule is O=C(CCn1cnc2sccc2c1=O)Nc1n[nH]c(-c2ccccn2)n1. The van der Waals surface area contributed by atoms with E-state index in [0.29, 0.717) is 21.7 Å². The van der Waals surface area contributed by atoms with Gasteiger partial charge in [-0.2, -0.15) is 4.98 Å². The predicted octanol–water partition coefficient (Wildman–Crippen LogP) is 1.67. The molecular formula is C16H13N7O2S. The van der Waals surface area contributed by atoms with Gasteiger partial charge in [0.25, 0.3) is 5.56 Å². The van der Waals surface area contributed by atoms with Crippen molar-refractivity contribution in [3.05, 3.63) is 52.5 Å². The van der Waals surface area contributed by atoms with Crippen LogP contribution in [0.1, 0.15) is 6.42 Å². The number of nitrogens with one attached hydrogen (secondary N) is 2. The highest BCUT2D eigenvalue weighted by molar-refractivity contribution is 7.16. The number of thiophene rings is 1. The lowest BCUT2D eigenvalue weighted by Crippen LogP contribution is -2.23. The Bertz CT molecular complexity index is 1120. The van der Waals surface area contributed by atoms with E-state index in [1.807, 2.05) is 11.4 Å². The molecule has 0 bridgehead atoms. The van der Waals surface area contributed by atoms with Gasteiger partial charge >= 0.3 is 0 Å². The molecule has 0 spiro atoms. The van der Waals surface area contributed by atoms with E-state index in [9.17, 15) is 9.59 Å². The molecule has 0 radical (unpaired) electrons. The molecule has 130 valence electrons. The Morgan fingerprint density at radius 3 is 3.04 bits per heavy atom. The molecule has 0 fully saturated rings. The summed E-state index contributed by atoms with van der Waals surface area (Å²) in [5, 5.41) is 11.7. The second-order valence-electron chi connectivity index (χ2n) is 5.40. The summed E-state index contributed by atoms with van der Waals surface area (Å²) in [4.78, 5) is 37.6. The van der Waals surface area contributed by atoms with Crippen LogP contribution in [0.15, 0.2) is 47.0 Å². The Morgan fingerprint density at radius 1 is 1.27 bits per heavy atom. The molecule has 0 aromatic carbocycles. The highest BCUT2D eigenvalue weighted by Gasteiger charge is 2.11. The topological polar surface area (TPSA) is 118 Å². The van der Waals surface area contributed by atoms with E-state index in [1.54, 1.807) is 24.4 Å². The van der Waals surface area contributed by atoms with Gasteiger partial charge in [0.05, 0.1) is 11.7 Å². The third kappa shape index (κ3) is 3.22. The number of fused-ring (bicyclic) bond motifs is 1. The predicted molar refractivity (Wildman–Crippen MR) is 96.7 cm³/mol. The van der Waals surface area contributed by atoms with E-state index in [2.05, 4.69) is 30.5 Å². The van der Waals surface area contributed by atoms with Gasteiger partial charge in [-0.3, -0.25) is 29.6 Å². The Hall–Kier alpha value is -3.40. The van der Waals surface area contributed by atoms with Crippen molar-refractivity contribution in [2.45, 2.75) is 13.0 Å². The number of pyridine rings is 1. The summed E-state index contributed by atoms with van der Waals surface area (Å²) in [6.45, 7) is 0.223. The van der Waals surface area contributed by atoms with E-state index in [1.165, 1.54) is 22.2 Å². The monoisotopic (exact) mass is 367 g/mol. The average molecular weight is 367 g/mol. The quantitative estimate of drug-likeness (QED) is 0.554. The van der Waals surface area contributed by atoms with Gasteiger partial charge in [0.2, 0.25) is 11.9 Å². The third-order valence-corrected chi connectivity index (χ3v) is 4.50. The molecule has 0 saturated carbocycles. The number of carbonyl (C=O) groups is 1. The van der Waals surface area contributed by atoms with Crippen molar-refractivity contribution < 1.29 is 4.79 Å². The Kier molecular flexibility index (Phi) is 4.23. The fourth-order valence-corrected chi connectivity index (χ4v) is 3.12. The molecule has 0 aliphatic rings. The van der Waals surface area contributed by atoms with Crippen LogP contribution in [0.4, 0.5) is 5.95 Å². The number of anilines is 1. The Morgan fingerprint density at radius 2 is 2.19 bits per heavy atom. The molecule has 4 heterocycles. The van der Waals surface area contributed by atoms with Crippen LogP contribution in [0.2, 0.25) is 0 Å². The first-order valence-corrected chi connectivity index (χ1v) is 8.65. The number of H-pyrrole nitrogens is 1. The minimum absolute atomic E-state index is 0.102. The molecular weight excluding hydrogens is 354 g/mol. The highest BCUT2D eigenvalue weighted by atomic mass is 32.1. The van der Waals surface area contributed by atoms with Crippen LogP contribution < -0.4 is 10.9 Å². The lowest BCUT2D eigenvalue weighted by Gasteiger charge is -2.04. The molecule has 0 atom stereocenters. The molecule has 0 unspecified atom stereocenters. The number of rotatable bonds is 5. The van der Waals surface area contributed by atoms with Crippen LogP contribution in [0.3, 0.4) is 0 Å². The molecule has 1 amide bonds. The second kappa shape index (κ2) is 6.84. The van der Waals surface area contributed by atoms with Crippen molar-refractivity contribution in [1.82, 2.24) is 29.7 Å². The molecule has 4 aromatic heterocycles. The van der Waals surface area contributed by atoms with E-state index in [0.717, 1.165) is 0 Å². The highest BCUT2D eigenvalue weighted by Crippen LogP contribution is 2.14. The van der Waals surface area contributed by atoms with Crippen molar-refractivity contribution in [1.29, 1.82) is 0 Å². The lowest BCUT2D eigenvalue weighted by molar-refractivity contribution is -0.116. The number of nitrogens with zero attached hydrogens (tertiary/aromatic N) is 5. The van der Waals surface area contributed by atoms with Gasteiger partial charge in [0.1, 0.15) is 10.5 Å². The Balaban J connectivity index is 1.40.